The zero-order chi connectivity index (χ0) is 19.2. The summed E-state index contributed by atoms with van der Waals surface area (Å²) in [4.78, 5) is 16.0. The second kappa shape index (κ2) is 8.79. The predicted octanol–water partition coefficient (Wildman–Crippen LogP) is 5.41. The standard InChI is InChI=1S/C20H18ClN3O2S/c1-2-11-24(22-12-14-7-3-4-8-15(14)19(25)26)20-23-18(13-27-20)16-9-5-6-10-17(16)21/h3-10,12-13H,2,11H2,1H3,(H,25,26). The van der Waals surface area contributed by atoms with Crippen molar-refractivity contribution in [3.8, 4) is 11.3 Å². The van der Waals surface area contributed by atoms with Gasteiger partial charge in [0.15, 0.2) is 0 Å². The van der Waals surface area contributed by atoms with Gasteiger partial charge in [0.25, 0.3) is 0 Å². The highest BCUT2D eigenvalue weighted by atomic mass is 35.5. The fourth-order valence-electron chi connectivity index (χ4n) is 2.53. The molecule has 1 aromatic heterocycles. The molecule has 27 heavy (non-hydrogen) atoms. The molecule has 0 aliphatic rings. The van der Waals surface area contributed by atoms with E-state index in [4.69, 9.17) is 11.6 Å². The predicted molar refractivity (Wildman–Crippen MR) is 111 cm³/mol. The molecular formula is C20H18ClN3O2S. The topological polar surface area (TPSA) is 65.8 Å². The van der Waals surface area contributed by atoms with E-state index in [0.29, 0.717) is 17.1 Å². The van der Waals surface area contributed by atoms with E-state index in [-0.39, 0.29) is 5.56 Å². The van der Waals surface area contributed by atoms with Gasteiger partial charge in [-0.25, -0.2) is 14.8 Å². The van der Waals surface area contributed by atoms with Crippen LogP contribution in [0.2, 0.25) is 5.02 Å². The van der Waals surface area contributed by atoms with Crippen LogP contribution in [0.1, 0.15) is 29.3 Å². The first kappa shape index (κ1) is 19.1. The summed E-state index contributed by atoms with van der Waals surface area (Å²) in [5.74, 6) is -0.977. The number of carbonyl (C=O) groups is 1. The second-order valence-electron chi connectivity index (χ2n) is 5.76. The van der Waals surface area contributed by atoms with E-state index in [2.05, 4.69) is 17.0 Å². The third kappa shape index (κ3) is 4.53. The highest BCUT2D eigenvalue weighted by Gasteiger charge is 2.13. The van der Waals surface area contributed by atoms with Crippen LogP contribution in [-0.2, 0) is 0 Å². The van der Waals surface area contributed by atoms with Crippen molar-refractivity contribution < 1.29 is 9.90 Å². The molecule has 0 amide bonds. The van der Waals surface area contributed by atoms with Crippen LogP contribution >= 0.6 is 22.9 Å². The van der Waals surface area contributed by atoms with Crippen molar-refractivity contribution >= 4 is 40.3 Å². The van der Waals surface area contributed by atoms with Crippen LogP contribution in [-0.4, -0.2) is 28.8 Å². The van der Waals surface area contributed by atoms with Crippen LogP contribution in [0, 0.1) is 0 Å². The van der Waals surface area contributed by atoms with Gasteiger partial charge in [0, 0.05) is 28.1 Å². The lowest BCUT2D eigenvalue weighted by molar-refractivity contribution is 0.0697. The van der Waals surface area contributed by atoms with Crippen molar-refractivity contribution in [2.45, 2.75) is 13.3 Å². The van der Waals surface area contributed by atoms with E-state index in [0.717, 1.165) is 22.8 Å². The molecule has 0 atom stereocenters. The SMILES string of the molecule is CCCN(N=Cc1ccccc1C(=O)O)c1nc(-c2ccccc2Cl)cs1. The molecule has 3 aromatic rings. The van der Waals surface area contributed by atoms with Gasteiger partial charge in [-0.3, -0.25) is 0 Å². The van der Waals surface area contributed by atoms with Gasteiger partial charge >= 0.3 is 5.97 Å². The number of hydrogen-bond acceptors (Lipinski definition) is 5. The zero-order valence-electron chi connectivity index (χ0n) is 14.7. The van der Waals surface area contributed by atoms with Crippen LogP contribution in [0.25, 0.3) is 11.3 Å². The Morgan fingerprint density at radius 1 is 1.26 bits per heavy atom. The van der Waals surface area contributed by atoms with Gasteiger partial charge < -0.3 is 5.11 Å². The fraction of sp³-hybridized carbons (Fsp3) is 0.150. The van der Waals surface area contributed by atoms with Crippen LogP contribution in [0.3, 0.4) is 0 Å². The largest absolute Gasteiger partial charge is 0.478 e. The van der Waals surface area contributed by atoms with Crippen molar-refractivity contribution in [2.75, 3.05) is 11.6 Å². The first-order valence-corrected chi connectivity index (χ1v) is 9.70. The summed E-state index contributed by atoms with van der Waals surface area (Å²) in [5, 5.41) is 18.9. The quantitative estimate of drug-likeness (QED) is 0.426. The first-order valence-electron chi connectivity index (χ1n) is 8.44. The van der Waals surface area contributed by atoms with Crippen LogP contribution in [0.4, 0.5) is 5.13 Å². The van der Waals surface area contributed by atoms with E-state index in [1.54, 1.807) is 35.5 Å². The molecule has 0 fully saturated rings. The van der Waals surface area contributed by atoms with E-state index >= 15 is 0 Å². The lowest BCUT2D eigenvalue weighted by Crippen LogP contribution is -2.17. The van der Waals surface area contributed by atoms with Crippen LogP contribution in [0.5, 0.6) is 0 Å². The number of anilines is 1. The highest BCUT2D eigenvalue weighted by Crippen LogP contribution is 2.32. The molecule has 0 radical (unpaired) electrons. The Morgan fingerprint density at radius 2 is 2.00 bits per heavy atom. The third-order valence-corrected chi connectivity index (χ3v) is 5.01. The summed E-state index contributed by atoms with van der Waals surface area (Å²) >= 11 is 7.74. The smallest absolute Gasteiger partial charge is 0.336 e. The summed E-state index contributed by atoms with van der Waals surface area (Å²) in [6.45, 7) is 2.72. The first-order chi connectivity index (χ1) is 13.1. The number of halogens is 1. The summed E-state index contributed by atoms with van der Waals surface area (Å²) < 4.78 is 0. The summed E-state index contributed by atoms with van der Waals surface area (Å²) in [5.41, 5.74) is 2.43. The number of thiazole rings is 1. The summed E-state index contributed by atoms with van der Waals surface area (Å²) in [6.07, 6.45) is 2.44. The monoisotopic (exact) mass is 399 g/mol. The Balaban J connectivity index is 1.89. The number of aromatic carboxylic acids is 1. The van der Waals surface area contributed by atoms with E-state index in [1.165, 1.54) is 11.3 Å². The lowest BCUT2D eigenvalue weighted by atomic mass is 10.1. The Kier molecular flexibility index (Phi) is 6.21. The molecule has 0 unspecified atom stereocenters. The number of rotatable bonds is 7. The van der Waals surface area contributed by atoms with Gasteiger partial charge in [0.1, 0.15) is 0 Å². The van der Waals surface area contributed by atoms with Crippen LogP contribution < -0.4 is 5.01 Å². The molecule has 5 nitrogen and oxygen atoms in total. The number of hydrogen-bond donors (Lipinski definition) is 1. The van der Waals surface area contributed by atoms with E-state index in [9.17, 15) is 9.90 Å². The van der Waals surface area contributed by atoms with Crippen molar-refractivity contribution in [2.24, 2.45) is 5.10 Å². The Hall–Kier alpha value is -2.70. The molecule has 1 heterocycles. The Labute approximate surface area is 166 Å². The van der Waals surface area contributed by atoms with Crippen molar-refractivity contribution in [3.63, 3.8) is 0 Å². The van der Waals surface area contributed by atoms with Crippen molar-refractivity contribution in [1.29, 1.82) is 0 Å². The molecule has 7 heteroatoms. The number of hydrazone groups is 1. The van der Waals surface area contributed by atoms with Crippen molar-refractivity contribution in [1.82, 2.24) is 4.98 Å². The minimum atomic E-state index is -0.977. The molecule has 0 bridgehead atoms. The molecule has 0 saturated carbocycles. The number of nitrogens with zero attached hydrogens (tertiary/aromatic N) is 3. The van der Waals surface area contributed by atoms with Gasteiger partial charge in [-0.15, -0.1) is 11.3 Å². The normalized spacial score (nSPS) is 11.0. The minimum absolute atomic E-state index is 0.216. The van der Waals surface area contributed by atoms with Gasteiger partial charge in [-0.05, 0) is 18.6 Å². The summed E-state index contributed by atoms with van der Waals surface area (Å²) in [6, 6.07) is 14.3. The maximum Gasteiger partial charge on any atom is 0.336 e. The van der Waals surface area contributed by atoms with Crippen molar-refractivity contribution in [3.05, 3.63) is 70.1 Å². The van der Waals surface area contributed by atoms with Gasteiger partial charge in [-0.1, -0.05) is 54.9 Å². The molecule has 1 N–H and O–H groups in total. The number of aromatic nitrogens is 1. The van der Waals surface area contributed by atoms with E-state index in [1.807, 2.05) is 29.6 Å². The average molecular weight is 400 g/mol. The maximum absolute atomic E-state index is 11.4. The molecule has 3 rings (SSSR count). The number of benzene rings is 2. The highest BCUT2D eigenvalue weighted by molar-refractivity contribution is 7.14. The zero-order valence-corrected chi connectivity index (χ0v) is 16.2. The molecule has 0 saturated heterocycles. The summed E-state index contributed by atoms with van der Waals surface area (Å²) in [7, 11) is 0. The minimum Gasteiger partial charge on any atom is -0.478 e. The molecule has 0 aliphatic heterocycles. The maximum atomic E-state index is 11.4. The molecule has 0 aliphatic carbocycles. The van der Waals surface area contributed by atoms with Gasteiger partial charge in [0.2, 0.25) is 5.13 Å². The Morgan fingerprint density at radius 3 is 2.74 bits per heavy atom. The number of carboxylic acid groups (broad SMARTS) is 1. The fourth-order valence-corrected chi connectivity index (χ4v) is 3.57. The van der Waals surface area contributed by atoms with Gasteiger partial charge in [0.05, 0.1) is 17.5 Å². The van der Waals surface area contributed by atoms with Gasteiger partial charge in [-0.2, -0.15) is 5.10 Å². The molecule has 2 aromatic carbocycles. The second-order valence-corrected chi connectivity index (χ2v) is 7.00. The van der Waals surface area contributed by atoms with E-state index < -0.39 is 5.97 Å². The number of carboxylic acids is 1. The molecular weight excluding hydrogens is 382 g/mol. The molecule has 0 spiro atoms. The Bertz CT molecular complexity index is 971. The average Bonchev–Trinajstić information content (AvgIpc) is 3.15. The third-order valence-electron chi connectivity index (χ3n) is 3.83. The lowest BCUT2D eigenvalue weighted by Gasteiger charge is -2.14. The van der Waals surface area contributed by atoms with Crippen LogP contribution in [0.15, 0.2) is 59.0 Å². The molecule has 138 valence electrons.